The lowest BCUT2D eigenvalue weighted by Gasteiger charge is -2.44. The van der Waals surface area contributed by atoms with E-state index in [-0.39, 0.29) is 23.1 Å². The molecule has 174 valence electrons. The first kappa shape index (κ1) is 23.4. The zero-order valence-electron chi connectivity index (χ0n) is 19.7. The number of hydrogen-bond acceptors (Lipinski definition) is 2. The molecule has 1 saturated carbocycles. The Kier molecular flexibility index (Phi) is 7.00. The van der Waals surface area contributed by atoms with Crippen LogP contribution in [0.15, 0.2) is 30.4 Å². The van der Waals surface area contributed by atoms with Crippen molar-refractivity contribution in [2.45, 2.75) is 71.6 Å². The summed E-state index contributed by atoms with van der Waals surface area (Å²) in [4.78, 5) is 31.1. The van der Waals surface area contributed by atoms with Crippen molar-refractivity contribution in [3.05, 3.63) is 40.9 Å². The van der Waals surface area contributed by atoms with Gasteiger partial charge in [-0.05, 0) is 87.5 Å². The molecule has 1 aliphatic carbocycles. The largest absolute Gasteiger partial charge is 0.342 e. The molecule has 0 radical (unpaired) electrons. The molecule has 2 aliphatic heterocycles. The molecule has 4 nitrogen and oxygen atoms in total. The van der Waals surface area contributed by atoms with E-state index in [0.29, 0.717) is 19.0 Å². The Hall–Kier alpha value is -1.81. The SMILES string of the molecule is C=C1CC(C)CC(CC)(C(=O)N2CCC(C(=O)N3CCCCc4cc(Cl)ccc43)CC2)C1. The first-order chi connectivity index (χ1) is 15.3. The lowest BCUT2D eigenvalue weighted by molar-refractivity contribution is -0.147. The van der Waals surface area contributed by atoms with Gasteiger partial charge in [0.05, 0.1) is 5.41 Å². The molecule has 1 aromatic rings. The quantitative estimate of drug-likeness (QED) is 0.521. The fourth-order valence-corrected chi connectivity index (χ4v) is 6.47. The van der Waals surface area contributed by atoms with Gasteiger partial charge in [0.15, 0.2) is 0 Å². The van der Waals surface area contributed by atoms with Crippen LogP contribution in [-0.4, -0.2) is 36.3 Å². The number of hydrogen-bond donors (Lipinski definition) is 0. The summed E-state index contributed by atoms with van der Waals surface area (Å²) in [7, 11) is 0. The molecule has 2 atom stereocenters. The van der Waals surface area contributed by atoms with Crippen molar-refractivity contribution >= 4 is 29.1 Å². The third-order valence-electron chi connectivity index (χ3n) is 7.90. The van der Waals surface area contributed by atoms with Crippen LogP contribution >= 0.6 is 11.6 Å². The number of benzene rings is 1. The van der Waals surface area contributed by atoms with Crippen LogP contribution in [0.2, 0.25) is 5.02 Å². The number of rotatable bonds is 3. The van der Waals surface area contributed by atoms with Gasteiger partial charge >= 0.3 is 0 Å². The molecule has 5 heteroatoms. The van der Waals surface area contributed by atoms with E-state index in [1.54, 1.807) is 0 Å². The Morgan fingerprint density at radius 3 is 2.62 bits per heavy atom. The smallest absolute Gasteiger partial charge is 0.230 e. The van der Waals surface area contributed by atoms with E-state index in [4.69, 9.17) is 11.6 Å². The summed E-state index contributed by atoms with van der Waals surface area (Å²) in [6.07, 6.45) is 8.22. The predicted molar refractivity (Wildman–Crippen MR) is 131 cm³/mol. The molecule has 32 heavy (non-hydrogen) atoms. The number of halogens is 1. The van der Waals surface area contributed by atoms with E-state index in [0.717, 1.165) is 75.0 Å². The van der Waals surface area contributed by atoms with Crippen LogP contribution in [0.4, 0.5) is 5.69 Å². The summed E-state index contributed by atoms with van der Waals surface area (Å²) in [5.74, 6) is 0.996. The molecule has 1 saturated heterocycles. The van der Waals surface area contributed by atoms with Crippen molar-refractivity contribution < 1.29 is 9.59 Å². The van der Waals surface area contributed by atoms with Gasteiger partial charge in [-0.1, -0.05) is 37.6 Å². The van der Waals surface area contributed by atoms with Crippen molar-refractivity contribution in [2.75, 3.05) is 24.5 Å². The fraction of sp³-hybridized carbons (Fsp3) is 0.630. The second-order valence-electron chi connectivity index (χ2n) is 10.4. The van der Waals surface area contributed by atoms with Gasteiger partial charge in [-0.3, -0.25) is 9.59 Å². The third kappa shape index (κ3) is 4.62. The molecule has 1 aromatic carbocycles. The van der Waals surface area contributed by atoms with Gasteiger partial charge < -0.3 is 9.80 Å². The summed E-state index contributed by atoms with van der Waals surface area (Å²) in [6.45, 7) is 10.7. The summed E-state index contributed by atoms with van der Waals surface area (Å²) >= 11 is 6.21. The number of allylic oxidation sites excluding steroid dienone is 1. The van der Waals surface area contributed by atoms with Crippen molar-refractivity contribution in [2.24, 2.45) is 17.3 Å². The van der Waals surface area contributed by atoms with Gasteiger partial charge in [0.2, 0.25) is 11.8 Å². The number of nitrogens with zero attached hydrogens (tertiary/aromatic N) is 2. The molecule has 2 heterocycles. The molecule has 2 amide bonds. The number of likely N-dealkylation sites (tertiary alicyclic amines) is 1. The van der Waals surface area contributed by atoms with Gasteiger partial charge in [-0.25, -0.2) is 0 Å². The minimum Gasteiger partial charge on any atom is -0.342 e. The summed E-state index contributed by atoms with van der Waals surface area (Å²) in [5, 5.41) is 0.731. The van der Waals surface area contributed by atoms with Crippen LogP contribution in [-0.2, 0) is 16.0 Å². The minimum atomic E-state index is -0.297. The summed E-state index contributed by atoms with van der Waals surface area (Å²) < 4.78 is 0. The number of aryl methyl sites for hydroxylation is 1. The van der Waals surface area contributed by atoms with E-state index < -0.39 is 0 Å². The summed E-state index contributed by atoms with van der Waals surface area (Å²) in [5.41, 5.74) is 3.11. The van der Waals surface area contributed by atoms with Crippen molar-refractivity contribution in [1.82, 2.24) is 4.90 Å². The van der Waals surface area contributed by atoms with E-state index in [1.165, 1.54) is 11.1 Å². The number of amides is 2. The molecule has 0 N–H and O–H groups in total. The molecule has 0 bridgehead atoms. The van der Waals surface area contributed by atoms with Gasteiger partial charge in [-0.2, -0.15) is 0 Å². The Labute approximate surface area is 198 Å². The molecular formula is C27H37ClN2O2. The molecule has 2 fully saturated rings. The third-order valence-corrected chi connectivity index (χ3v) is 8.14. The first-order valence-corrected chi connectivity index (χ1v) is 12.8. The Morgan fingerprint density at radius 1 is 1.19 bits per heavy atom. The molecule has 3 aliphatic rings. The summed E-state index contributed by atoms with van der Waals surface area (Å²) in [6, 6.07) is 5.89. The normalized spacial score (nSPS) is 27.1. The van der Waals surface area contributed by atoms with Crippen molar-refractivity contribution in [3.8, 4) is 0 Å². The molecule has 4 rings (SSSR count). The molecular weight excluding hydrogens is 420 g/mol. The highest BCUT2D eigenvalue weighted by Crippen LogP contribution is 2.45. The maximum atomic E-state index is 13.6. The lowest BCUT2D eigenvalue weighted by Crippen LogP contribution is -2.50. The zero-order chi connectivity index (χ0) is 22.9. The average Bonchev–Trinajstić information content (AvgIpc) is 2.99. The second kappa shape index (κ2) is 9.59. The van der Waals surface area contributed by atoms with Crippen LogP contribution in [0, 0.1) is 17.3 Å². The van der Waals surface area contributed by atoms with Crippen LogP contribution < -0.4 is 4.90 Å². The van der Waals surface area contributed by atoms with Gasteiger partial charge in [0.25, 0.3) is 0 Å². The number of anilines is 1. The van der Waals surface area contributed by atoms with Crippen LogP contribution in [0.1, 0.15) is 70.8 Å². The van der Waals surface area contributed by atoms with E-state index in [2.05, 4.69) is 20.4 Å². The highest BCUT2D eigenvalue weighted by atomic mass is 35.5. The second-order valence-corrected chi connectivity index (χ2v) is 10.8. The van der Waals surface area contributed by atoms with Gasteiger partial charge in [0.1, 0.15) is 0 Å². The number of carbonyl (C=O) groups is 2. The monoisotopic (exact) mass is 456 g/mol. The Bertz CT molecular complexity index is 890. The van der Waals surface area contributed by atoms with Crippen LogP contribution in [0.3, 0.4) is 0 Å². The molecule has 2 unspecified atom stereocenters. The zero-order valence-corrected chi connectivity index (χ0v) is 20.4. The predicted octanol–water partition coefficient (Wildman–Crippen LogP) is 6.02. The maximum Gasteiger partial charge on any atom is 0.230 e. The number of carbonyl (C=O) groups excluding carboxylic acids is 2. The number of piperidine rings is 1. The van der Waals surface area contributed by atoms with Gasteiger partial charge in [-0.15, -0.1) is 0 Å². The molecule has 0 spiro atoms. The highest BCUT2D eigenvalue weighted by molar-refractivity contribution is 6.30. The van der Waals surface area contributed by atoms with Gasteiger partial charge in [0, 0.05) is 36.3 Å². The average molecular weight is 457 g/mol. The standard InChI is InChI=1S/C27H37ClN2O2/c1-4-27(17-19(2)15-20(3)18-27)26(32)29-13-10-21(11-14-29)25(31)30-12-6-5-7-22-16-23(28)8-9-24(22)30/h8-9,16,20-21H,2,4-7,10-15,17-18H2,1,3H3. The van der Waals surface area contributed by atoms with Crippen molar-refractivity contribution in [1.29, 1.82) is 0 Å². The molecule has 0 aromatic heterocycles. The highest BCUT2D eigenvalue weighted by Gasteiger charge is 2.44. The van der Waals surface area contributed by atoms with E-state index >= 15 is 0 Å². The van der Waals surface area contributed by atoms with Crippen LogP contribution in [0.25, 0.3) is 0 Å². The van der Waals surface area contributed by atoms with E-state index in [1.807, 2.05) is 28.0 Å². The van der Waals surface area contributed by atoms with Crippen LogP contribution in [0.5, 0.6) is 0 Å². The first-order valence-electron chi connectivity index (χ1n) is 12.4. The lowest BCUT2D eigenvalue weighted by atomic mass is 9.66. The van der Waals surface area contributed by atoms with Crippen molar-refractivity contribution in [3.63, 3.8) is 0 Å². The Balaban J connectivity index is 1.43. The van der Waals surface area contributed by atoms with E-state index in [9.17, 15) is 9.59 Å². The maximum absolute atomic E-state index is 13.6. The fourth-order valence-electron chi connectivity index (χ4n) is 6.28. The minimum absolute atomic E-state index is 0.0153. The Morgan fingerprint density at radius 2 is 1.94 bits per heavy atom. The number of fused-ring (bicyclic) bond motifs is 1. The topological polar surface area (TPSA) is 40.6 Å².